The van der Waals surface area contributed by atoms with E-state index in [0.29, 0.717) is 24.6 Å². The lowest BCUT2D eigenvalue weighted by Gasteiger charge is -2.23. The van der Waals surface area contributed by atoms with Gasteiger partial charge in [0.15, 0.2) is 5.96 Å². The molecule has 0 fully saturated rings. The lowest BCUT2D eigenvalue weighted by molar-refractivity contribution is -0.114. The number of ether oxygens (including phenoxy) is 1. The summed E-state index contributed by atoms with van der Waals surface area (Å²) in [5.74, 6) is 1.40. The molecule has 0 spiro atoms. The predicted molar refractivity (Wildman–Crippen MR) is 109 cm³/mol. The molecule has 1 amide bonds. The van der Waals surface area contributed by atoms with Crippen LogP contribution in [-0.2, 0) is 4.79 Å². The van der Waals surface area contributed by atoms with Gasteiger partial charge in [0.1, 0.15) is 12.4 Å². The second kappa shape index (κ2) is 10.7. The average molecular weight is 363 g/mol. The molecular formula is C20H34N4O2. The van der Waals surface area contributed by atoms with Crippen LogP contribution in [0.5, 0.6) is 5.75 Å². The van der Waals surface area contributed by atoms with E-state index in [1.54, 1.807) is 7.05 Å². The highest BCUT2D eigenvalue weighted by atomic mass is 16.5. The molecule has 1 aromatic carbocycles. The Morgan fingerprint density at radius 2 is 2.04 bits per heavy atom. The lowest BCUT2D eigenvalue weighted by Crippen LogP contribution is -2.43. The maximum Gasteiger partial charge on any atom is 0.221 e. The van der Waals surface area contributed by atoms with Crippen LogP contribution in [0.25, 0.3) is 0 Å². The summed E-state index contributed by atoms with van der Waals surface area (Å²) in [5, 5.41) is 9.41. The van der Waals surface area contributed by atoms with Crippen LogP contribution in [0.2, 0.25) is 0 Å². The summed E-state index contributed by atoms with van der Waals surface area (Å²) in [5.41, 5.74) is 1.07. The molecule has 0 saturated carbocycles. The van der Waals surface area contributed by atoms with E-state index in [0.717, 1.165) is 30.2 Å². The van der Waals surface area contributed by atoms with Gasteiger partial charge in [-0.15, -0.1) is 0 Å². The van der Waals surface area contributed by atoms with E-state index in [9.17, 15) is 4.79 Å². The fraction of sp³-hybridized carbons (Fsp3) is 0.600. The third-order valence-electron chi connectivity index (χ3n) is 3.75. The van der Waals surface area contributed by atoms with Gasteiger partial charge in [-0.2, -0.15) is 0 Å². The molecule has 146 valence electrons. The van der Waals surface area contributed by atoms with E-state index in [-0.39, 0.29) is 5.91 Å². The molecule has 0 bridgehead atoms. The summed E-state index contributed by atoms with van der Waals surface area (Å²) in [6, 6.07) is 7.72. The van der Waals surface area contributed by atoms with Crippen molar-refractivity contribution in [1.82, 2.24) is 10.6 Å². The fourth-order valence-corrected chi connectivity index (χ4v) is 2.35. The number of benzene rings is 1. The van der Waals surface area contributed by atoms with E-state index in [4.69, 9.17) is 4.74 Å². The molecule has 1 rings (SSSR count). The molecule has 1 atom stereocenters. The van der Waals surface area contributed by atoms with Crippen LogP contribution in [0.4, 0.5) is 5.69 Å². The van der Waals surface area contributed by atoms with Gasteiger partial charge in [0.25, 0.3) is 0 Å². The molecular weight excluding hydrogens is 328 g/mol. The Balaban J connectivity index is 2.33. The number of anilines is 1. The molecule has 6 heteroatoms. The van der Waals surface area contributed by atoms with Crippen LogP contribution in [-0.4, -0.2) is 38.1 Å². The Labute approximate surface area is 157 Å². The van der Waals surface area contributed by atoms with Gasteiger partial charge in [-0.3, -0.25) is 9.79 Å². The molecule has 1 aromatic rings. The minimum Gasteiger partial charge on any atom is -0.492 e. The van der Waals surface area contributed by atoms with Crippen molar-refractivity contribution in [2.24, 2.45) is 10.4 Å². The van der Waals surface area contributed by atoms with Crippen LogP contribution < -0.4 is 20.7 Å². The first kappa shape index (κ1) is 21.8. The molecule has 0 radical (unpaired) electrons. The molecule has 0 aliphatic rings. The molecule has 3 N–H and O–H groups in total. The number of hydrogen-bond donors (Lipinski definition) is 3. The summed E-state index contributed by atoms with van der Waals surface area (Å²) in [6.45, 7) is 11.6. The van der Waals surface area contributed by atoms with Gasteiger partial charge in [0, 0.05) is 31.8 Å². The van der Waals surface area contributed by atoms with Crippen molar-refractivity contribution >= 4 is 17.6 Å². The van der Waals surface area contributed by atoms with Crippen LogP contribution in [0, 0.1) is 5.41 Å². The second-order valence-electron chi connectivity index (χ2n) is 7.70. The van der Waals surface area contributed by atoms with Crippen LogP contribution in [0.3, 0.4) is 0 Å². The number of hydrogen-bond acceptors (Lipinski definition) is 3. The molecule has 1 unspecified atom stereocenters. The lowest BCUT2D eigenvalue weighted by atomic mass is 9.89. The molecule has 26 heavy (non-hydrogen) atoms. The summed E-state index contributed by atoms with van der Waals surface area (Å²) in [6.07, 6.45) is 2.25. The maximum atomic E-state index is 11.1. The third kappa shape index (κ3) is 9.91. The highest BCUT2D eigenvalue weighted by molar-refractivity contribution is 5.88. The van der Waals surface area contributed by atoms with Gasteiger partial charge in [-0.05, 0) is 37.3 Å². The first-order valence-electron chi connectivity index (χ1n) is 9.17. The Morgan fingerprint density at radius 1 is 1.31 bits per heavy atom. The second-order valence-corrected chi connectivity index (χ2v) is 7.70. The molecule has 0 aliphatic heterocycles. The Bertz CT molecular complexity index is 594. The summed E-state index contributed by atoms with van der Waals surface area (Å²) < 4.78 is 5.72. The molecule has 0 aromatic heterocycles. The van der Waals surface area contributed by atoms with E-state index >= 15 is 0 Å². The number of aliphatic imine (C=N–C) groups is 1. The first-order valence-corrected chi connectivity index (χ1v) is 9.17. The third-order valence-corrected chi connectivity index (χ3v) is 3.75. The summed E-state index contributed by atoms with van der Waals surface area (Å²) >= 11 is 0. The molecule has 0 heterocycles. The maximum absolute atomic E-state index is 11.1. The Morgan fingerprint density at radius 3 is 2.65 bits per heavy atom. The number of guanidine groups is 1. The fourth-order valence-electron chi connectivity index (χ4n) is 2.35. The zero-order valence-electron chi connectivity index (χ0n) is 17.0. The minimum absolute atomic E-state index is 0.0979. The van der Waals surface area contributed by atoms with Crippen molar-refractivity contribution in [3.05, 3.63) is 24.3 Å². The highest BCUT2D eigenvalue weighted by Crippen LogP contribution is 2.21. The van der Waals surface area contributed by atoms with Gasteiger partial charge < -0.3 is 20.7 Å². The standard InChI is InChI=1S/C20H34N4O2/c1-15(10-11-20(3,4)5)23-19(21-6)22-12-13-26-18-9-7-8-17(14-18)24-16(2)25/h7-9,14-15H,10-13H2,1-6H3,(H,24,25)(H2,21,22,23). The van der Waals surface area contributed by atoms with E-state index < -0.39 is 0 Å². The van der Waals surface area contributed by atoms with E-state index in [1.165, 1.54) is 6.92 Å². The molecule has 0 aliphatic carbocycles. The van der Waals surface area contributed by atoms with E-state index in [1.807, 2.05) is 24.3 Å². The normalized spacial score (nSPS) is 13.1. The monoisotopic (exact) mass is 362 g/mol. The summed E-state index contributed by atoms with van der Waals surface area (Å²) in [4.78, 5) is 15.4. The molecule has 6 nitrogen and oxygen atoms in total. The van der Waals surface area contributed by atoms with Crippen molar-refractivity contribution in [3.8, 4) is 5.75 Å². The largest absolute Gasteiger partial charge is 0.492 e. The topological polar surface area (TPSA) is 74.8 Å². The van der Waals surface area contributed by atoms with Gasteiger partial charge in [0.2, 0.25) is 5.91 Å². The number of nitrogens with zero attached hydrogens (tertiary/aromatic N) is 1. The highest BCUT2D eigenvalue weighted by Gasteiger charge is 2.13. The smallest absolute Gasteiger partial charge is 0.221 e. The quantitative estimate of drug-likeness (QED) is 0.376. The van der Waals surface area contributed by atoms with Crippen LogP contribution in [0.15, 0.2) is 29.3 Å². The summed E-state index contributed by atoms with van der Waals surface area (Å²) in [7, 11) is 1.77. The number of amides is 1. The number of rotatable bonds is 8. The van der Waals surface area contributed by atoms with E-state index in [2.05, 4.69) is 48.6 Å². The van der Waals surface area contributed by atoms with Crippen LogP contribution >= 0.6 is 0 Å². The Hall–Kier alpha value is -2.24. The van der Waals surface area contributed by atoms with Crippen molar-refractivity contribution in [3.63, 3.8) is 0 Å². The number of nitrogens with one attached hydrogen (secondary N) is 3. The number of carbonyl (C=O) groups is 1. The van der Waals surface area contributed by atoms with Crippen LogP contribution in [0.1, 0.15) is 47.5 Å². The van der Waals surface area contributed by atoms with Crippen molar-refractivity contribution in [1.29, 1.82) is 0 Å². The zero-order valence-corrected chi connectivity index (χ0v) is 17.0. The minimum atomic E-state index is -0.0979. The Kier molecular flexibility index (Phi) is 8.96. The number of carbonyl (C=O) groups excluding carboxylic acids is 1. The van der Waals surface area contributed by atoms with Crippen molar-refractivity contribution < 1.29 is 9.53 Å². The van der Waals surface area contributed by atoms with Gasteiger partial charge in [-0.1, -0.05) is 26.8 Å². The van der Waals surface area contributed by atoms with Gasteiger partial charge in [-0.25, -0.2) is 0 Å². The van der Waals surface area contributed by atoms with Gasteiger partial charge in [0.05, 0.1) is 6.54 Å². The zero-order chi connectivity index (χ0) is 19.6. The predicted octanol–water partition coefficient (Wildman–Crippen LogP) is 3.40. The molecule has 0 saturated heterocycles. The average Bonchev–Trinajstić information content (AvgIpc) is 2.55. The van der Waals surface area contributed by atoms with Crippen molar-refractivity contribution in [2.45, 2.75) is 53.5 Å². The SMILES string of the molecule is CN=C(NCCOc1cccc(NC(C)=O)c1)NC(C)CCC(C)(C)C. The first-order chi connectivity index (χ1) is 12.2. The van der Waals surface area contributed by atoms with Crippen molar-refractivity contribution in [2.75, 3.05) is 25.5 Å². The van der Waals surface area contributed by atoms with Gasteiger partial charge >= 0.3 is 0 Å².